The molecule has 1 rings (SSSR count). The first-order chi connectivity index (χ1) is 15.7. The van der Waals surface area contributed by atoms with Crippen LogP contribution in [0.15, 0.2) is 18.2 Å². The number of alkyl carbamates (subject to hydrolysis) is 1. The summed E-state index contributed by atoms with van der Waals surface area (Å²) in [5.74, 6) is -1.45. The number of aryl methyl sites for hydroxylation is 2. The number of unbranched alkanes of at least 4 members (excludes halogenated alkanes) is 1. The van der Waals surface area contributed by atoms with Crippen molar-refractivity contribution in [3.63, 3.8) is 0 Å². The van der Waals surface area contributed by atoms with Gasteiger partial charge in [-0.05, 0) is 53.0 Å². The number of nitrogens with one attached hydrogen (secondary N) is 2. The van der Waals surface area contributed by atoms with Crippen LogP contribution in [0.4, 0.5) is 4.79 Å². The van der Waals surface area contributed by atoms with Crippen molar-refractivity contribution in [3.8, 4) is 0 Å². The Morgan fingerprint density at radius 1 is 1.09 bits per heavy atom. The third-order valence-electron chi connectivity index (χ3n) is 5.04. The Balaban J connectivity index is 3.28. The molecular formula is C25H40N4O5. The molecule has 0 radical (unpaired) electrons. The van der Waals surface area contributed by atoms with Crippen LogP contribution in [0.25, 0.3) is 0 Å². The number of ether oxygens (including phenoxy) is 1. The van der Waals surface area contributed by atoms with E-state index in [-0.39, 0.29) is 18.7 Å². The second-order valence-electron chi connectivity index (χ2n) is 9.62. The summed E-state index contributed by atoms with van der Waals surface area (Å²) in [6, 6.07) is 3.70. The summed E-state index contributed by atoms with van der Waals surface area (Å²) in [5.41, 5.74) is 7.08. The number of hydrogen-bond donors (Lipinski definition) is 3. The molecule has 34 heavy (non-hydrogen) atoms. The summed E-state index contributed by atoms with van der Waals surface area (Å²) in [7, 11) is 1.51. The van der Waals surface area contributed by atoms with Gasteiger partial charge in [-0.2, -0.15) is 0 Å². The lowest BCUT2D eigenvalue weighted by Gasteiger charge is -2.32. The van der Waals surface area contributed by atoms with Gasteiger partial charge in [-0.25, -0.2) is 4.79 Å². The first-order valence-electron chi connectivity index (χ1n) is 11.7. The van der Waals surface area contributed by atoms with E-state index in [1.807, 2.05) is 39.0 Å². The van der Waals surface area contributed by atoms with Gasteiger partial charge < -0.3 is 26.0 Å². The molecule has 0 aliphatic rings. The molecule has 0 saturated heterocycles. The van der Waals surface area contributed by atoms with E-state index in [0.717, 1.165) is 24.0 Å². The highest BCUT2D eigenvalue weighted by atomic mass is 16.6. The summed E-state index contributed by atoms with van der Waals surface area (Å²) in [6.07, 6.45) is 0.799. The molecule has 0 fully saturated rings. The van der Waals surface area contributed by atoms with Crippen molar-refractivity contribution < 1.29 is 23.9 Å². The molecule has 0 aromatic heterocycles. The summed E-state index contributed by atoms with van der Waals surface area (Å²) in [6.45, 7) is 11.5. The number of nitrogens with two attached hydrogens (primary N) is 1. The zero-order valence-electron chi connectivity index (χ0n) is 21.5. The van der Waals surface area contributed by atoms with Crippen molar-refractivity contribution in [1.82, 2.24) is 15.5 Å². The van der Waals surface area contributed by atoms with Crippen molar-refractivity contribution in [3.05, 3.63) is 34.9 Å². The Morgan fingerprint density at radius 3 is 2.18 bits per heavy atom. The van der Waals surface area contributed by atoms with E-state index in [0.29, 0.717) is 12.1 Å². The zero-order valence-corrected chi connectivity index (χ0v) is 21.5. The highest BCUT2D eigenvalue weighted by Crippen LogP contribution is 2.24. The van der Waals surface area contributed by atoms with Gasteiger partial charge in [0.05, 0.1) is 0 Å². The SMILES string of the molecule is CCCCNC(=O)C(c1cc(C)cc(C)c1)N(C)C(=O)C(CCC(N)=O)NC(=O)OC(C)(C)C. The molecule has 4 N–H and O–H groups in total. The molecule has 0 heterocycles. The molecule has 2 unspecified atom stereocenters. The quantitative estimate of drug-likeness (QED) is 0.423. The fourth-order valence-corrected chi connectivity index (χ4v) is 3.57. The number of benzene rings is 1. The molecule has 0 spiro atoms. The smallest absolute Gasteiger partial charge is 0.408 e. The van der Waals surface area contributed by atoms with Gasteiger partial charge in [-0.15, -0.1) is 0 Å². The van der Waals surface area contributed by atoms with Crippen molar-refractivity contribution in [2.45, 2.75) is 84.9 Å². The second-order valence-corrected chi connectivity index (χ2v) is 9.62. The van der Waals surface area contributed by atoms with Crippen LogP contribution in [0.2, 0.25) is 0 Å². The number of nitrogens with zero attached hydrogens (tertiary/aromatic N) is 1. The molecule has 9 nitrogen and oxygen atoms in total. The fourth-order valence-electron chi connectivity index (χ4n) is 3.57. The summed E-state index contributed by atoms with van der Waals surface area (Å²) < 4.78 is 5.28. The van der Waals surface area contributed by atoms with E-state index in [1.54, 1.807) is 20.8 Å². The minimum Gasteiger partial charge on any atom is -0.444 e. The Morgan fingerprint density at radius 2 is 1.68 bits per heavy atom. The van der Waals surface area contributed by atoms with Gasteiger partial charge in [-0.3, -0.25) is 14.4 Å². The molecule has 0 saturated carbocycles. The first kappa shape index (κ1) is 28.9. The van der Waals surface area contributed by atoms with Crippen molar-refractivity contribution in [2.75, 3.05) is 13.6 Å². The molecule has 4 amide bonds. The maximum Gasteiger partial charge on any atom is 0.408 e. The van der Waals surface area contributed by atoms with Crippen molar-refractivity contribution >= 4 is 23.8 Å². The molecule has 0 bridgehead atoms. The van der Waals surface area contributed by atoms with E-state index in [1.165, 1.54) is 11.9 Å². The Bertz CT molecular complexity index is 858. The van der Waals surface area contributed by atoms with Gasteiger partial charge in [0.2, 0.25) is 17.7 Å². The van der Waals surface area contributed by atoms with Gasteiger partial charge >= 0.3 is 6.09 Å². The topological polar surface area (TPSA) is 131 Å². The first-order valence-corrected chi connectivity index (χ1v) is 11.7. The minimum absolute atomic E-state index is 0.0191. The Kier molecular flexibility index (Phi) is 11.0. The minimum atomic E-state index is -1.09. The predicted octanol–water partition coefficient (Wildman–Crippen LogP) is 2.88. The van der Waals surface area contributed by atoms with Gasteiger partial charge in [0, 0.05) is 20.0 Å². The third-order valence-corrected chi connectivity index (χ3v) is 5.04. The molecular weight excluding hydrogens is 436 g/mol. The van der Waals surface area contributed by atoms with E-state index in [4.69, 9.17) is 10.5 Å². The van der Waals surface area contributed by atoms with Gasteiger partial charge in [0.15, 0.2) is 0 Å². The number of amides is 4. The summed E-state index contributed by atoms with van der Waals surface area (Å²) in [5, 5.41) is 5.44. The monoisotopic (exact) mass is 476 g/mol. The van der Waals surface area contributed by atoms with E-state index in [9.17, 15) is 19.2 Å². The highest BCUT2D eigenvalue weighted by Gasteiger charge is 2.34. The van der Waals surface area contributed by atoms with Crippen LogP contribution >= 0.6 is 0 Å². The maximum atomic E-state index is 13.5. The Labute approximate surface area is 202 Å². The van der Waals surface area contributed by atoms with Gasteiger partial charge in [-0.1, -0.05) is 42.7 Å². The fraction of sp³-hybridized carbons (Fsp3) is 0.600. The number of carbonyl (C=O) groups is 4. The standard InChI is InChI=1S/C25H40N4O5/c1-8-9-12-27-22(31)21(18-14-16(2)13-17(3)15-18)29(7)23(32)19(10-11-20(26)30)28-24(33)34-25(4,5)6/h13-15,19,21H,8-12H2,1-7H3,(H2,26,30)(H,27,31)(H,28,33). The van der Waals surface area contributed by atoms with Crippen LogP contribution in [-0.2, 0) is 19.1 Å². The van der Waals surface area contributed by atoms with Crippen LogP contribution in [-0.4, -0.2) is 54.0 Å². The largest absolute Gasteiger partial charge is 0.444 e. The van der Waals surface area contributed by atoms with E-state index < -0.39 is 35.6 Å². The molecule has 9 heteroatoms. The van der Waals surface area contributed by atoms with Crippen molar-refractivity contribution in [2.24, 2.45) is 5.73 Å². The normalized spacial score (nSPS) is 12.9. The number of hydrogen-bond acceptors (Lipinski definition) is 5. The maximum absolute atomic E-state index is 13.5. The van der Waals surface area contributed by atoms with E-state index >= 15 is 0 Å². The number of likely N-dealkylation sites (N-methyl/N-ethyl adjacent to an activating group) is 1. The second kappa shape index (κ2) is 13.0. The molecule has 1 aromatic rings. The lowest BCUT2D eigenvalue weighted by molar-refractivity contribution is -0.141. The predicted molar refractivity (Wildman–Crippen MR) is 131 cm³/mol. The van der Waals surface area contributed by atoms with Crippen LogP contribution in [0.3, 0.4) is 0 Å². The third kappa shape index (κ3) is 9.80. The summed E-state index contributed by atoms with van der Waals surface area (Å²) >= 11 is 0. The number of carbonyl (C=O) groups excluding carboxylic acids is 4. The molecule has 1 aromatic carbocycles. The van der Waals surface area contributed by atoms with Crippen LogP contribution in [0.1, 0.15) is 76.1 Å². The Hall–Kier alpha value is -3.10. The molecule has 0 aliphatic heterocycles. The highest BCUT2D eigenvalue weighted by molar-refractivity contribution is 5.92. The van der Waals surface area contributed by atoms with Crippen LogP contribution < -0.4 is 16.4 Å². The summed E-state index contributed by atoms with van der Waals surface area (Å²) in [4.78, 5) is 51.8. The number of rotatable bonds is 11. The lowest BCUT2D eigenvalue weighted by Crippen LogP contribution is -2.52. The van der Waals surface area contributed by atoms with Crippen molar-refractivity contribution in [1.29, 1.82) is 0 Å². The van der Waals surface area contributed by atoms with E-state index in [2.05, 4.69) is 10.6 Å². The molecule has 190 valence electrons. The zero-order chi connectivity index (χ0) is 26.1. The average molecular weight is 477 g/mol. The molecule has 0 aliphatic carbocycles. The van der Waals surface area contributed by atoms with Gasteiger partial charge in [0.25, 0.3) is 0 Å². The number of primary amides is 1. The van der Waals surface area contributed by atoms with Crippen LogP contribution in [0.5, 0.6) is 0 Å². The van der Waals surface area contributed by atoms with Gasteiger partial charge in [0.1, 0.15) is 17.7 Å². The van der Waals surface area contributed by atoms with Crippen LogP contribution in [0, 0.1) is 13.8 Å². The average Bonchev–Trinajstić information content (AvgIpc) is 2.68. The molecule has 2 atom stereocenters. The lowest BCUT2D eigenvalue weighted by atomic mass is 9.98.